The third-order valence-corrected chi connectivity index (χ3v) is 7.56. The number of aromatic nitrogens is 4. The Morgan fingerprint density at radius 1 is 1.00 bits per heavy atom. The zero-order chi connectivity index (χ0) is 20.8. The molecule has 162 valence electrons. The highest BCUT2D eigenvalue weighted by molar-refractivity contribution is 5.75. The molecule has 1 aliphatic heterocycles. The van der Waals surface area contributed by atoms with Crippen LogP contribution in [0.25, 0.3) is 11.0 Å². The van der Waals surface area contributed by atoms with Gasteiger partial charge in [-0.3, -0.25) is 4.90 Å². The van der Waals surface area contributed by atoms with Gasteiger partial charge >= 0.3 is 0 Å². The average molecular weight is 418 g/mol. The van der Waals surface area contributed by atoms with Crippen LogP contribution >= 0.6 is 0 Å². The van der Waals surface area contributed by atoms with Gasteiger partial charge in [0.05, 0.1) is 17.6 Å². The molecule has 3 heterocycles. The summed E-state index contributed by atoms with van der Waals surface area (Å²) in [5.41, 5.74) is 3.33. The molecule has 2 bridgehead atoms. The second-order valence-corrected chi connectivity index (χ2v) is 9.71. The van der Waals surface area contributed by atoms with E-state index in [1.807, 2.05) is 12.4 Å². The van der Waals surface area contributed by atoms with Crippen LogP contribution in [0.4, 0.5) is 11.6 Å². The van der Waals surface area contributed by atoms with Crippen molar-refractivity contribution in [3.63, 3.8) is 0 Å². The fourth-order valence-corrected chi connectivity index (χ4v) is 5.74. The Bertz CT molecular complexity index is 1050. The van der Waals surface area contributed by atoms with Gasteiger partial charge in [0.25, 0.3) is 0 Å². The van der Waals surface area contributed by atoms with E-state index in [0.29, 0.717) is 12.0 Å². The van der Waals surface area contributed by atoms with Gasteiger partial charge in [-0.1, -0.05) is 18.6 Å². The minimum Gasteiger partial charge on any atom is -0.324 e. The lowest BCUT2D eigenvalue weighted by atomic mass is 9.95. The van der Waals surface area contributed by atoms with Gasteiger partial charge in [0.15, 0.2) is 5.65 Å². The quantitative estimate of drug-likeness (QED) is 0.683. The van der Waals surface area contributed by atoms with E-state index in [9.17, 15) is 0 Å². The van der Waals surface area contributed by atoms with E-state index < -0.39 is 0 Å². The third kappa shape index (κ3) is 3.81. The Balaban J connectivity index is 1.16. The fourth-order valence-electron chi connectivity index (χ4n) is 5.74. The Labute approximate surface area is 183 Å². The molecule has 7 heteroatoms. The number of likely N-dealkylation sites (N-methyl/N-ethyl adjacent to an activating group) is 1. The monoisotopic (exact) mass is 417 g/mol. The van der Waals surface area contributed by atoms with Gasteiger partial charge < -0.3 is 10.2 Å². The van der Waals surface area contributed by atoms with Crippen molar-refractivity contribution in [2.24, 2.45) is 11.8 Å². The summed E-state index contributed by atoms with van der Waals surface area (Å²) in [6, 6.07) is 9.18. The number of anilines is 2. The number of benzene rings is 1. The molecule has 1 aromatic carbocycles. The molecular weight excluding hydrogens is 386 g/mol. The van der Waals surface area contributed by atoms with Crippen LogP contribution in [0.1, 0.15) is 37.3 Å². The molecule has 0 spiro atoms. The van der Waals surface area contributed by atoms with E-state index in [1.54, 1.807) is 0 Å². The smallest absolute Gasteiger partial charge is 0.229 e. The topological polar surface area (TPSA) is 62.1 Å². The SMILES string of the molecule is CN1CCN(Cc2ccc(Nc3ncc4cnn([C@H]5C[C@@H]6CC[C@H]5C6)c4n3)cc2)CC1. The largest absolute Gasteiger partial charge is 0.324 e. The molecular formula is C24H31N7. The first-order valence-corrected chi connectivity index (χ1v) is 11.7. The number of rotatable bonds is 5. The predicted octanol–water partition coefficient (Wildman–Crippen LogP) is 3.68. The van der Waals surface area contributed by atoms with Crippen LogP contribution < -0.4 is 5.32 Å². The second-order valence-electron chi connectivity index (χ2n) is 9.71. The molecule has 0 amide bonds. The minimum absolute atomic E-state index is 0.507. The number of hydrogen-bond donors (Lipinski definition) is 1. The van der Waals surface area contributed by atoms with Crippen molar-refractivity contribution in [3.05, 3.63) is 42.2 Å². The first-order valence-electron chi connectivity index (χ1n) is 11.7. The van der Waals surface area contributed by atoms with Gasteiger partial charge in [0, 0.05) is 44.6 Å². The first kappa shape index (κ1) is 19.2. The van der Waals surface area contributed by atoms with Crippen LogP contribution in [0.5, 0.6) is 0 Å². The van der Waals surface area contributed by atoms with Crippen molar-refractivity contribution >= 4 is 22.7 Å². The first-order chi connectivity index (χ1) is 15.2. The molecule has 2 saturated carbocycles. The van der Waals surface area contributed by atoms with Gasteiger partial charge in [-0.2, -0.15) is 10.1 Å². The van der Waals surface area contributed by atoms with Gasteiger partial charge in [0.1, 0.15) is 0 Å². The molecule has 1 saturated heterocycles. The number of hydrogen-bond acceptors (Lipinski definition) is 6. The highest BCUT2D eigenvalue weighted by Crippen LogP contribution is 2.50. The molecule has 3 fully saturated rings. The average Bonchev–Trinajstić information content (AvgIpc) is 3.52. The molecule has 3 atom stereocenters. The highest BCUT2D eigenvalue weighted by Gasteiger charge is 2.41. The maximum Gasteiger partial charge on any atom is 0.229 e. The van der Waals surface area contributed by atoms with Crippen molar-refractivity contribution in [1.29, 1.82) is 0 Å². The predicted molar refractivity (Wildman–Crippen MR) is 122 cm³/mol. The maximum atomic E-state index is 4.85. The van der Waals surface area contributed by atoms with E-state index >= 15 is 0 Å². The van der Waals surface area contributed by atoms with E-state index in [4.69, 9.17) is 10.1 Å². The highest BCUT2D eigenvalue weighted by atomic mass is 15.3. The van der Waals surface area contributed by atoms with Crippen LogP contribution in [0.3, 0.4) is 0 Å². The summed E-state index contributed by atoms with van der Waals surface area (Å²) in [4.78, 5) is 14.3. The Morgan fingerprint density at radius 2 is 1.84 bits per heavy atom. The van der Waals surface area contributed by atoms with Gasteiger partial charge in [-0.15, -0.1) is 0 Å². The van der Waals surface area contributed by atoms with Crippen molar-refractivity contribution in [3.8, 4) is 0 Å². The molecule has 1 N–H and O–H groups in total. The van der Waals surface area contributed by atoms with Gasteiger partial charge in [-0.05, 0) is 55.8 Å². The van der Waals surface area contributed by atoms with Crippen molar-refractivity contribution in [1.82, 2.24) is 29.5 Å². The Hall–Kier alpha value is -2.51. The van der Waals surface area contributed by atoms with Gasteiger partial charge in [0.2, 0.25) is 5.95 Å². The Kier molecular flexibility index (Phi) is 4.88. The summed E-state index contributed by atoms with van der Waals surface area (Å²) in [5, 5.41) is 9.11. The van der Waals surface area contributed by atoms with Crippen LogP contribution in [0.2, 0.25) is 0 Å². The molecule has 0 radical (unpaired) electrons. The summed E-state index contributed by atoms with van der Waals surface area (Å²) in [6.07, 6.45) is 9.16. The lowest BCUT2D eigenvalue weighted by Gasteiger charge is -2.32. The number of fused-ring (bicyclic) bond motifs is 3. The van der Waals surface area contributed by atoms with Crippen molar-refractivity contribution in [2.45, 2.75) is 38.3 Å². The number of piperazine rings is 1. The van der Waals surface area contributed by atoms with E-state index in [-0.39, 0.29) is 0 Å². The molecule has 2 aliphatic carbocycles. The van der Waals surface area contributed by atoms with Crippen molar-refractivity contribution in [2.75, 3.05) is 38.5 Å². The van der Waals surface area contributed by atoms with E-state index in [0.717, 1.165) is 61.3 Å². The normalized spacial score (nSPS) is 26.7. The summed E-state index contributed by atoms with van der Waals surface area (Å²) < 4.78 is 2.17. The van der Waals surface area contributed by atoms with Crippen LogP contribution in [0.15, 0.2) is 36.7 Å². The third-order valence-electron chi connectivity index (χ3n) is 7.56. The van der Waals surface area contributed by atoms with Crippen LogP contribution in [-0.4, -0.2) is 62.8 Å². The molecule has 0 unspecified atom stereocenters. The summed E-state index contributed by atoms with van der Waals surface area (Å²) >= 11 is 0. The molecule has 6 rings (SSSR count). The van der Waals surface area contributed by atoms with E-state index in [1.165, 1.54) is 31.2 Å². The minimum atomic E-state index is 0.507. The molecule has 31 heavy (non-hydrogen) atoms. The molecule has 2 aromatic heterocycles. The fraction of sp³-hybridized carbons (Fsp3) is 0.542. The van der Waals surface area contributed by atoms with Crippen LogP contribution in [0, 0.1) is 11.8 Å². The number of nitrogens with zero attached hydrogens (tertiary/aromatic N) is 6. The lowest BCUT2D eigenvalue weighted by molar-refractivity contribution is 0.148. The molecule has 3 aromatic rings. The molecule has 3 aliphatic rings. The standard InChI is InChI=1S/C24H31N7/c1-29-8-10-30(11-9-29)16-17-3-6-21(7-4-17)27-24-25-14-20-15-26-31(23(20)28-24)22-13-18-2-5-19(22)12-18/h3-4,6-7,14-15,18-19,22H,2,5,8-13,16H2,1H3,(H,25,27,28)/t18-,19+,22+/m1/s1. The second kappa shape index (κ2) is 7.88. The molecule has 7 nitrogen and oxygen atoms in total. The van der Waals surface area contributed by atoms with Crippen molar-refractivity contribution < 1.29 is 0 Å². The Morgan fingerprint density at radius 3 is 2.58 bits per heavy atom. The van der Waals surface area contributed by atoms with Crippen LogP contribution in [-0.2, 0) is 6.54 Å². The summed E-state index contributed by atoms with van der Waals surface area (Å²) in [6.45, 7) is 5.59. The van der Waals surface area contributed by atoms with Gasteiger partial charge in [-0.25, -0.2) is 9.67 Å². The zero-order valence-corrected chi connectivity index (χ0v) is 18.2. The summed E-state index contributed by atoms with van der Waals surface area (Å²) in [7, 11) is 2.20. The number of nitrogens with one attached hydrogen (secondary N) is 1. The lowest BCUT2D eigenvalue weighted by Crippen LogP contribution is -2.43. The van der Waals surface area contributed by atoms with E-state index in [2.05, 4.69) is 56.1 Å². The zero-order valence-electron chi connectivity index (χ0n) is 18.2. The summed E-state index contributed by atoms with van der Waals surface area (Å²) in [5.74, 6) is 2.30. The maximum absolute atomic E-state index is 4.85.